The zero-order valence-corrected chi connectivity index (χ0v) is 16.3. The van der Waals surface area contributed by atoms with Crippen LogP contribution in [-0.2, 0) is 23.0 Å². The molecule has 0 radical (unpaired) electrons. The minimum Gasteiger partial charge on any atom is -0.469 e. The summed E-state index contributed by atoms with van der Waals surface area (Å²) in [7, 11) is -3.41. The summed E-state index contributed by atoms with van der Waals surface area (Å²) >= 11 is 0. The quantitative estimate of drug-likeness (QED) is 0.450. The van der Waals surface area contributed by atoms with Gasteiger partial charge in [-0.1, -0.05) is 12.1 Å². The first-order valence-electron chi connectivity index (χ1n) is 9.22. The van der Waals surface area contributed by atoms with Gasteiger partial charge in [-0.3, -0.25) is 0 Å². The number of furan rings is 1. The normalized spacial score (nSPS) is 14.9. The molecule has 1 aromatic heterocycles. The van der Waals surface area contributed by atoms with Crippen molar-refractivity contribution in [3.63, 3.8) is 0 Å². The van der Waals surface area contributed by atoms with E-state index in [9.17, 15) is 8.42 Å². The lowest BCUT2D eigenvalue weighted by Gasteiger charge is -2.11. The highest BCUT2D eigenvalue weighted by molar-refractivity contribution is 7.89. The second-order valence-electron chi connectivity index (χ2n) is 6.49. The fourth-order valence-electron chi connectivity index (χ4n) is 2.53. The molecule has 146 valence electrons. The van der Waals surface area contributed by atoms with Gasteiger partial charge in [0.25, 0.3) is 0 Å². The summed E-state index contributed by atoms with van der Waals surface area (Å²) in [5.41, 5.74) is 0.948. The maximum absolute atomic E-state index is 12.2. The van der Waals surface area contributed by atoms with E-state index in [0.717, 1.165) is 43.1 Å². The van der Waals surface area contributed by atoms with Crippen LogP contribution in [0.2, 0.25) is 0 Å². The zero-order chi connectivity index (χ0) is 19.1. The molecular formula is C19H26N4O3S. The molecule has 1 fully saturated rings. The summed E-state index contributed by atoms with van der Waals surface area (Å²) in [4.78, 5) is 4.85. The molecule has 27 heavy (non-hydrogen) atoms. The summed E-state index contributed by atoms with van der Waals surface area (Å²) in [5.74, 6) is 1.64. The van der Waals surface area contributed by atoms with Gasteiger partial charge < -0.3 is 15.1 Å². The van der Waals surface area contributed by atoms with Gasteiger partial charge in [-0.2, -0.15) is 0 Å². The molecule has 1 aromatic carbocycles. The van der Waals surface area contributed by atoms with Crippen molar-refractivity contribution in [3.8, 4) is 0 Å². The number of rotatable bonds is 9. The molecule has 2 aromatic rings. The SMILES string of the molecule is CCNC(=NCc1ccc(S(=O)(=O)NC2CC2)cc1)NCCc1ccco1. The maximum Gasteiger partial charge on any atom is 0.240 e. The molecule has 0 spiro atoms. The first-order valence-corrected chi connectivity index (χ1v) is 10.7. The molecule has 0 amide bonds. The van der Waals surface area contributed by atoms with Crippen LogP contribution in [0.4, 0.5) is 0 Å². The first-order chi connectivity index (χ1) is 13.1. The van der Waals surface area contributed by atoms with E-state index in [1.165, 1.54) is 0 Å². The van der Waals surface area contributed by atoms with Gasteiger partial charge in [-0.15, -0.1) is 0 Å². The van der Waals surface area contributed by atoms with Gasteiger partial charge in [-0.25, -0.2) is 18.1 Å². The Morgan fingerprint density at radius 3 is 2.59 bits per heavy atom. The standard InChI is InChI=1S/C19H26N4O3S/c1-2-20-19(21-12-11-17-4-3-13-26-17)22-14-15-5-9-18(10-6-15)27(24,25)23-16-7-8-16/h3-6,9-10,13,16,23H,2,7-8,11-12,14H2,1H3,(H2,20,21,22). The Morgan fingerprint density at radius 2 is 1.96 bits per heavy atom. The van der Waals surface area contributed by atoms with Gasteiger partial charge in [0.2, 0.25) is 10.0 Å². The molecule has 0 atom stereocenters. The summed E-state index contributed by atoms with van der Waals surface area (Å²) in [6, 6.07) is 10.8. The van der Waals surface area contributed by atoms with Crippen molar-refractivity contribution >= 4 is 16.0 Å². The predicted octanol–water partition coefficient (Wildman–Crippen LogP) is 2.02. The summed E-state index contributed by atoms with van der Waals surface area (Å²) < 4.78 is 32.4. The van der Waals surface area contributed by atoms with Crippen LogP contribution in [0.1, 0.15) is 31.1 Å². The second kappa shape index (κ2) is 9.05. The number of aliphatic imine (C=N–C) groups is 1. The lowest BCUT2D eigenvalue weighted by atomic mass is 10.2. The van der Waals surface area contributed by atoms with E-state index in [1.807, 2.05) is 19.1 Å². The summed E-state index contributed by atoms with van der Waals surface area (Å²) in [6.07, 6.45) is 4.29. The minimum atomic E-state index is -3.41. The van der Waals surface area contributed by atoms with E-state index in [-0.39, 0.29) is 6.04 Å². The van der Waals surface area contributed by atoms with Crippen molar-refractivity contribution in [2.45, 2.75) is 43.7 Å². The van der Waals surface area contributed by atoms with Gasteiger partial charge >= 0.3 is 0 Å². The number of nitrogens with one attached hydrogen (secondary N) is 3. The van der Waals surface area contributed by atoms with Crippen LogP contribution < -0.4 is 15.4 Å². The smallest absolute Gasteiger partial charge is 0.240 e. The van der Waals surface area contributed by atoms with E-state index in [4.69, 9.17) is 4.42 Å². The molecule has 1 aliphatic carbocycles. The molecule has 0 bridgehead atoms. The topological polar surface area (TPSA) is 95.7 Å². The molecule has 8 heteroatoms. The fraction of sp³-hybridized carbons (Fsp3) is 0.421. The molecule has 0 unspecified atom stereocenters. The minimum absolute atomic E-state index is 0.106. The number of benzene rings is 1. The molecule has 0 aliphatic heterocycles. The Morgan fingerprint density at radius 1 is 1.19 bits per heavy atom. The van der Waals surface area contributed by atoms with Gasteiger partial charge in [0.15, 0.2) is 5.96 Å². The van der Waals surface area contributed by atoms with Crippen LogP contribution in [0.3, 0.4) is 0 Å². The van der Waals surface area contributed by atoms with Gasteiger partial charge in [0.1, 0.15) is 5.76 Å². The number of sulfonamides is 1. The highest BCUT2D eigenvalue weighted by Crippen LogP contribution is 2.22. The number of hydrogen-bond donors (Lipinski definition) is 3. The molecule has 1 heterocycles. The lowest BCUT2D eigenvalue weighted by Crippen LogP contribution is -2.38. The molecule has 1 aliphatic rings. The van der Waals surface area contributed by atoms with Crippen LogP contribution in [0.5, 0.6) is 0 Å². The average molecular weight is 391 g/mol. The number of hydrogen-bond acceptors (Lipinski definition) is 4. The third-order valence-electron chi connectivity index (χ3n) is 4.14. The van der Waals surface area contributed by atoms with Gasteiger partial charge in [0.05, 0.1) is 17.7 Å². The largest absolute Gasteiger partial charge is 0.469 e. The Kier molecular flexibility index (Phi) is 6.52. The molecule has 3 rings (SSSR count). The predicted molar refractivity (Wildman–Crippen MR) is 105 cm³/mol. The van der Waals surface area contributed by atoms with E-state index < -0.39 is 10.0 Å². The van der Waals surface area contributed by atoms with Crippen molar-refractivity contribution in [2.75, 3.05) is 13.1 Å². The van der Waals surface area contributed by atoms with Crippen LogP contribution in [-0.4, -0.2) is 33.5 Å². The van der Waals surface area contributed by atoms with Crippen molar-refractivity contribution in [1.82, 2.24) is 15.4 Å². The third kappa shape index (κ3) is 6.11. The van der Waals surface area contributed by atoms with E-state index in [1.54, 1.807) is 30.5 Å². The molecular weight excluding hydrogens is 364 g/mol. The van der Waals surface area contributed by atoms with E-state index in [0.29, 0.717) is 18.0 Å². The number of guanidine groups is 1. The molecule has 7 nitrogen and oxygen atoms in total. The van der Waals surface area contributed by atoms with Crippen LogP contribution in [0.25, 0.3) is 0 Å². The lowest BCUT2D eigenvalue weighted by molar-refractivity contribution is 0.507. The number of nitrogens with zero attached hydrogens (tertiary/aromatic N) is 1. The highest BCUT2D eigenvalue weighted by atomic mass is 32.2. The van der Waals surface area contributed by atoms with Crippen molar-refractivity contribution in [3.05, 3.63) is 54.0 Å². The summed E-state index contributed by atoms with van der Waals surface area (Å²) in [5, 5.41) is 6.47. The molecule has 3 N–H and O–H groups in total. The van der Waals surface area contributed by atoms with Crippen molar-refractivity contribution in [2.24, 2.45) is 4.99 Å². The Balaban J connectivity index is 1.54. The third-order valence-corrected chi connectivity index (χ3v) is 5.68. The molecule has 1 saturated carbocycles. The Labute approximate surface area is 160 Å². The Bertz CT molecular complexity index is 842. The monoisotopic (exact) mass is 390 g/mol. The van der Waals surface area contributed by atoms with Gasteiger partial charge in [-0.05, 0) is 49.6 Å². The Hall–Kier alpha value is -2.32. The molecule has 0 saturated heterocycles. The van der Waals surface area contributed by atoms with Gasteiger partial charge in [0, 0.05) is 25.6 Å². The van der Waals surface area contributed by atoms with Crippen LogP contribution in [0, 0.1) is 0 Å². The zero-order valence-electron chi connectivity index (χ0n) is 15.4. The van der Waals surface area contributed by atoms with E-state index in [2.05, 4.69) is 20.3 Å². The fourth-order valence-corrected chi connectivity index (χ4v) is 3.84. The maximum atomic E-state index is 12.2. The second-order valence-corrected chi connectivity index (χ2v) is 8.20. The first kappa shape index (κ1) is 19.4. The van der Waals surface area contributed by atoms with Crippen molar-refractivity contribution in [1.29, 1.82) is 0 Å². The van der Waals surface area contributed by atoms with Crippen LogP contribution in [0.15, 0.2) is 57.0 Å². The van der Waals surface area contributed by atoms with Crippen molar-refractivity contribution < 1.29 is 12.8 Å². The van der Waals surface area contributed by atoms with E-state index >= 15 is 0 Å². The summed E-state index contributed by atoms with van der Waals surface area (Å²) in [6.45, 7) is 3.95. The van der Waals surface area contributed by atoms with Crippen LogP contribution >= 0.6 is 0 Å². The highest BCUT2D eigenvalue weighted by Gasteiger charge is 2.27. The average Bonchev–Trinajstić information content (AvgIpc) is 3.30.